The molecule has 0 saturated heterocycles. The van der Waals surface area contributed by atoms with Crippen LogP contribution in [-0.2, 0) is 0 Å². The lowest BCUT2D eigenvalue weighted by atomic mass is 10.0. The third-order valence-electron chi connectivity index (χ3n) is 1.92. The van der Waals surface area contributed by atoms with E-state index in [1.165, 1.54) is 5.57 Å². The topological polar surface area (TPSA) is 27.0 Å². The maximum Gasteiger partial charge on any atom is 0.101 e. The van der Waals surface area contributed by atoms with Crippen LogP contribution in [0, 0.1) is 11.3 Å². The second-order valence-electron chi connectivity index (χ2n) is 2.84. The highest BCUT2D eigenvalue weighted by Crippen LogP contribution is 2.14. The van der Waals surface area contributed by atoms with Gasteiger partial charge >= 0.3 is 0 Å². The summed E-state index contributed by atoms with van der Waals surface area (Å²) in [6.07, 6.45) is 3.08. The van der Waals surface area contributed by atoms with Crippen LogP contribution in [0.2, 0.25) is 0 Å². The first-order valence-corrected chi connectivity index (χ1v) is 3.49. The van der Waals surface area contributed by atoms with Crippen LogP contribution in [-0.4, -0.2) is 24.5 Å². The summed E-state index contributed by atoms with van der Waals surface area (Å²) in [6.45, 7) is 3.00. The molecular formula is C8H12N2. The van der Waals surface area contributed by atoms with Crippen molar-refractivity contribution >= 4 is 0 Å². The summed E-state index contributed by atoms with van der Waals surface area (Å²) in [6, 6.07) is 2.37. The maximum atomic E-state index is 8.66. The average molecular weight is 136 g/mol. The Morgan fingerprint density at radius 3 is 3.00 bits per heavy atom. The summed E-state index contributed by atoms with van der Waals surface area (Å²) in [7, 11) is 1.98. The van der Waals surface area contributed by atoms with Crippen LogP contribution < -0.4 is 0 Å². The van der Waals surface area contributed by atoms with Crippen molar-refractivity contribution in [3.63, 3.8) is 0 Å². The van der Waals surface area contributed by atoms with E-state index in [1.807, 2.05) is 7.05 Å². The largest absolute Gasteiger partial charge is 0.287 e. The second-order valence-corrected chi connectivity index (χ2v) is 2.84. The van der Waals surface area contributed by atoms with E-state index in [0.29, 0.717) is 0 Å². The minimum absolute atomic E-state index is 0.102. The minimum atomic E-state index is 0.102. The lowest BCUT2D eigenvalue weighted by Crippen LogP contribution is -2.33. The van der Waals surface area contributed by atoms with Crippen LogP contribution in [0.1, 0.15) is 13.3 Å². The number of nitrogens with zero attached hydrogens (tertiary/aromatic N) is 2. The summed E-state index contributed by atoms with van der Waals surface area (Å²) >= 11 is 0. The number of rotatable bonds is 0. The van der Waals surface area contributed by atoms with Crippen molar-refractivity contribution in [1.82, 2.24) is 4.90 Å². The van der Waals surface area contributed by atoms with Crippen molar-refractivity contribution < 1.29 is 0 Å². The van der Waals surface area contributed by atoms with E-state index in [0.717, 1.165) is 13.0 Å². The Morgan fingerprint density at radius 1 is 1.80 bits per heavy atom. The van der Waals surface area contributed by atoms with Crippen molar-refractivity contribution in [3.8, 4) is 6.07 Å². The molecule has 0 spiro atoms. The van der Waals surface area contributed by atoms with Crippen LogP contribution in [0.25, 0.3) is 0 Å². The Morgan fingerprint density at radius 2 is 2.50 bits per heavy atom. The van der Waals surface area contributed by atoms with Gasteiger partial charge in [0.15, 0.2) is 0 Å². The molecule has 0 bridgehead atoms. The van der Waals surface area contributed by atoms with Gasteiger partial charge in [-0.25, -0.2) is 0 Å². The fraction of sp³-hybridized carbons (Fsp3) is 0.625. The van der Waals surface area contributed by atoms with Crippen molar-refractivity contribution in [2.75, 3.05) is 13.6 Å². The van der Waals surface area contributed by atoms with E-state index in [1.54, 1.807) is 0 Å². The number of hydrogen-bond acceptors (Lipinski definition) is 2. The Balaban J connectivity index is 2.64. The first-order chi connectivity index (χ1) is 4.74. The van der Waals surface area contributed by atoms with Crippen molar-refractivity contribution in [2.24, 2.45) is 0 Å². The maximum absolute atomic E-state index is 8.66. The molecule has 2 heteroatoms. The summed E-state index contributed by atoms with van der Waals surface area (Å²) in [4.78, 5) is 2.06. The van der Waals surface area contributed by atoms with E-state index >= 15 is 0 Å². The number of hydrogen-bond donors (Lipinski definition) is 0. The number of likely N-dealkylation sites (N-methyl/N-ethyl adjacent to an activating group) is 1. The molecule has 2 nitrogen and oxygen atoms in total. The quantitative estimate of drug-likeness (QED) is 0.467. The Labute approximate surface area is 61.8 Å². The van der Waals surface area contributed by atoms with Gasteiger partial charge in [-0.15, -0.1) is 0 Å². The minimum Gasteiger partial charge on any atom is -0.287 e. The van der Waals surface area contributed by atoms with Gasteiger partial charge in [0.25, 0.3) is 0 Å². The van der Waals surface area contributed by atoms with Crippen molar-refractivity contribution in [1.29, 1.82) is 5.26 Å². The lowest BCUT2D eigenvalue weighted by Gasteiger charge is -2.25. The fourth-order valence-corrected chi connectivity index (χ4v) is 1.12. The van der Waals surface area contributed by atoms with E-state index in [4.69, 9.17) is 5.26 Å². The summed E-state index contributed by atoms with van der Waals surface area (Å²) < 4.78 is 0. The predicted molar refractivity (Wildman–Crippen MR) is 40.4 cm³/mol. The zero-order chi connectivity index (χ0) is 7.56. The molecule has 0 N–H and O–H groups in total. The third kappa shape index (κ3) is 1.37. The average Bonchev–Trinajstić information content (AvgIpc) is 1.94. The molecule has 54 valence electrons. The fourth-order valence-electron chi connectivity index (χ4n) is 1.12. The molecule has 0 saturated carbocycles. The molecule has 0 aromatic carbocycles. The van der Waals surface area contributed by atoms with Gasteiger partial charge in [-0.1, -0.05) is 11.6 Å². The lowest BCUT2D eigenvalue weighted by molar-refractivity contribution is 0.301. The van der Waals surface area contributed by atoms with Crippen LogP contribution >= 0.6 is 0 Å². The van der Waals surface area contributed by atoms with E-state index in [9.17, 15) is 0 Å². The standard InChI is InChI=1S/C8H12N2/c1-7-3-4-10(2)8(5-7)6-9/h3,8H,4-5H2,1-2H3/t8-/m0/s1. The SMILES string of the molecule is CC1=CCN(C)[C@H](C#N)C1. The van der Waals surface area contributed by atoms with Gasteiger partial charge in [-0.2, -0.15) is 5.26 Å². The summed E-state index contributed by atoms with van der Waals surface area (Å²) in [5.74, 6) is 0. The Bertz CT molecular complexity index is 188. The molecule has 0 fully saturated rings. The molecule has 0 unspecified atom stereocenters. The van der Waals surface area contributed by atoms with Crippen LogP contribution in [0.3, 0.4) is 0 Å². The summed E-state index contributed by atoms with van der Waals surface area (Å²) in [5.41, 5.74) is 1.34. The van der Waals surface area contributed by atoms with Gasteiger partial charge in [-0.3, -0.25) is 4.90 Å². The van der Waals surface area contributed by atoms with E-state index < -0.39 is 0 Å². The molecule has 1 aliphatic heterocycles. The first-order valence-electron chi connectivity index (χ1n) is 3.49. The predicted octanol–water partition coefficient (Wildman–Crippen LogP) is 1.16. The highest BCUT2D eigenvalue weighted by Gasteiger charge is 2.16. The molecular weight excluding hydrogens is 124 g/mol. The second kappa shape index (κ2) is 2.85. The van der Waals surface area contributed by atoms with Crippen molar-refractivity contribution in [2.45, 2.75) is 19.4 Å². The van der Waals surface area contributed by atoms with Gasteiger partial charge in [0.1, 0.15) is 6.04 Å². The van der Waals surface area contributed by atoms with Gasteiger partial charge in [0.2, 0.25) is 0 Å². The molecule has 10 heavy (non-hydrogen) atoms. The van der Waals surface area contributed by atoms with Crippen LogP contribution in [0.5, 0.6) is 0 Å². The molecule has 0 amide bonds. The van der Waals surface area contributed by atoms with E-state index in [-0.39, 0.29) is 6.04 Å². The molecule has 0 aliphatic carbocycles. The van der Waals surface area contributed by atoms with Crippen LogP contribution in [0.4, 0.5) is 0 Å². The molecule has 1 atom stereocenters. The monoisotopic (exact) mass is 136 g/mol. The highest BCUT2D eigenvalue weighted by atomic mass is 15.1. The zero-order valence-corrected chi connectivity index (χ0v) is 6.46. The van der Waals surface area contributed by atoms with Gasteiger partial charge < -0.3 is 0 Å². The van der Waals surface area contributed by atoms with Gasteiger partial charge in [0.05, 0.1) is 6.07 Å². The molecule has 0 radical (unpaired) electrons. The molecule has 1 rings (SSSR count). The molecule has 0 aromatic heterocycles. The van der Waals surface area contributed by atoms with Crippen LogP contribution in [0.15, 0.2) is 11.6 Å². The molecule has 0 aromatic rings. The van der Waals surface area contributed by atoms with Gasteiger partial charge in [-0.05, 0) is 20.4 Å². The highest BCUT2D eigenvalue weighted by molar-refractivity contribution is 5.11. The smallest absolute Gasteiger partial charge is 0.101 e. The molecule has 1 heterocycles. The summed E-state index contributed by atoms with van der Waals surface area (Å²) in [5, 5.41) is 8.66. The normalized spacial score (nSPS) is 27.3. The van der Waals surface area contributed by atoms with Crippen molar-refractivity contribution in [3.05, 3.63) is 11.6 Å². The first kappa shape index (κ1) is 7.30. The molecule has 1 aliphatic rings. The Kier molecular flexibility index (Phi) is 2.08. The third-order valence-corrected chi connectivity index (χ3v) is 1.92. The zero-order valence-electron chi connectivity index (χ0n) is 6.46. The number of nitriles is 1. The Hall–Kier alpha value is -0.810. The van der Waals surface area contributed by atoms with E-state index in [2.05, 4.69) is 24.0 Å². The van der Waals surface area contributed by atoms with Gasteiger partial charge in [0, 0.05) is 6.54 Å².